The lowest BCUT2D eigenvalue weighted by atomic mass is 9.74. The van der Waals surface area contributed by atoms with Gasteiger partial charge in [0.25, 0.3) is 0 Å². The molecular formula is C15H22O. The third-order valence-electron chi connectivity index (χ3n) is 5.26. The fourth-order valence-corrected chi connectivity index (χ4v) is 4.32. The summed E-state index contributed by atoms with van der Waals surface area (Å²) in [6.45, 7) is 2.25. The Bertz CT molecular complexity index is 328. The lowest BCUT2D eigenvalue weighted by Gasteiger charge is -2.30. The second kappa shape index (κ2) is 4.01. The van der Waals surface area contributed by atoms with E-state index in [2.05, 4.69) is 13.0 Å². The van der Waals surface area contributed by atoms with Crippen LogP contribution < -0.4 is 0 Å². The molecule has 4 atom stereocenters. The van der Waals surface area contributed by atoms with E-state index in [1.54, 1.807) is 0 Å². The molecule has 2 saturated carbocycles. The number of hydrogen-bond acceptors (Lipinski definition) is 1. The Morgan fingerprint density at radius 3 is 2.81 bits per heavy atom. The average molecular weight is 218 g/mol. The first-order valence-corrected chi connectivity index (χ1v) is 6.95. The van der Waals surface area contributed by atoms with Crippen molar-refractivity contribution in [1.82, 2.24) is 0 Å². The van der Waals surface area contributed by atoms with E-state index < -0.39 is 0 Å². The predicted octanol–water partition coefficient (Wildman–Crippen LogP) is 3.74. The molecule has 1 nitrogen and oxygen atoms in total. The Labute approximate surface area is 98.3 Å². The Morgan fingerprint density at radius 2 is 1.94 bits per heavy atom. The largest absolute Gasteiger partial charge is 0.299 e. The second-order valence-corrected chi connectivity index (χ2v) is 6.10. The van der Waals surface area contributed by atoms with Crippen molar-refractivity contribution >= 4 is 5.78 Å². The zero-order chi connectivity index (χ0) is 11.1. The summed E-state index contributed by atoms with van der Waals surface area (Å²) in [4.78, 5) is 12.3. The van der Waals surface area contributed by atoms with Crippen molar-refractivity contribution in [3.05, 3.63) is 11.6 Å². The van der Waals surface area contributed by atoms with Crippen molar-refractivity contribution < 1.29 is 4.79 Å². The molecule has 16 heavy (non-hydrogen) atoms. The van der Waals surface area contributed by atoms with Crippen LogP contribution in [0.4, 0.5) is 0 Å². The number of allylic oxidation sites excluding steroid dienone is 2. The lowest BCUT2D eigenvalue weighted by molar-refractivity contribution is -0.124. The maximum Gasteiger partial charge on any atom is 0.136 e. The first-order valence-electron chi connectivity index (χ1n) is 6.95. The minimum atomic E-state index is 0.385. The number of Topliss-reactive ketones (excluding diaryl/α,β-unsaturated/α-hetero) is 1. The van der Waals surface area contributed by atoms with Crippen molar-refractivity contribution in [2.75, 3.05) is 0 Å². The molecule has 1 heteroatoms. The summed E-state index contributed by atoms with van der Waals surface area (Å²) in [5.41, 5.74) is 1.51. The highest BCUT2D eigenvalue weighted by Crippen LogP contribution is 2.47. The number of ketones is 1. The molecule has 0 aromatic rings. The molecule has 2 fully saturated rings. The van der Waals surface area contributed by atoms with E-state index in [9.17, 15) is 4.79 Å². The van der Waals surface area contributed by atoms with Gasteiger partial charge in [0.05, 0.1) is 0 Å². The van der Waals surface area contributed by atoms with Gasteiger partial charge in [-0.25, -0.2) is 0 Å². The summed E-state index contributed by atoms with van der Waals surface area (Å²) in [6, 6.07) is 0. The first-order chi connectivity index (χ1) is 7.75. The van der Waals surface area contributed by atoms with Crippen LogP contribution in [0.3, 0.4) is 0 Å². The number of fused-ring (bicyclic) bond motifs is 2. The standard InChI is InChI=1S/C15H22O/c1-10-4-2-7-13-14(10)8-11-5-3-6-12(11)9-15(13)16/h4,11-14H,2-3,5-9H2,1H3/t11-,12-,13?,14?/m0/s1. The molecule has 0 amide bonds. The molecule has 0 radical (unpaired) electrons. The molecule has 0 N–H and O–H groups in total. The van der Waals surface area contributed by atoms with E-state index in [4.69, 9.17) is 0 Å². The zero-order valence-electron chi connectivity index (χ0n) is 10.2. The van der Waals surface area contributed by atoms with Crippen LogP contribution in [0.25, 0.3) is 0 Å². The van der Waals surface area contributed by atoms with E-state index in [0.29, 0.717) is 17.6 Å². The highest BCUT2D eigenvalue weighted by atomic mass is 16.1. The van der Waals surface area contributed by atoms with Crippen LogP contribution in [0, 0.1) is 23.7 Å². The Balaban J connectivity index is 1.88. The van der Waals surface area contributed by atoms with Gasteiger partial charge >= 0.3 is 0 Å². The molecule has 0 aromatic carbocycles. The van der Waals surface area contributed by atoms with Gasteiger partial charge in [-0.15, -0.1) is 0 Å². The number of carbonyl (C=O) groups excluding carboxylic acids is 1. The fraction of sp³-hybridized carbons (Fsp3) is 0.800. The third kappa shape index (κ3) is 1.65. The molecule has 0 heterocycles. The molecule has 88 valence electrons. The van der Waals surface area contributed by atoms with Crippen molar-refractivity contribution in [3.8, 4) is 0 Å². The van der Waals surface area contributed by atoms with E-state index in [1.165, 1.54) is 31.3 Å². The highest BCUT2D eigenvalue weighted by Gasteiger charge is 2.41. The maximum atomic E-state index is 12.3. The predicted molar refractivity (Wildman–Crippen MR) is 65.0 cm³/mol. The van der Waals surface area contributed by atoms with Gasteiger partial charge in [0, 0.05) is 12.3 Å². The van der Waals surface area contributed by atoms with Gasteiger partial charge in [-0.2, -0.15) is 0 Å². The maximum absolute atomic E-state index is 12.3. The summed E-state index contributed by atoms with van der Waals surface area (Å²) in [5, 5.41) is 0. The second-order valence-electron chi connectivity index (χ2n) is 6.10. The minimum absolute atomic E-state index is 0.385. The van der Waals surface area contributed by atoms with Gasteiger partial charge in [0.15, 0.2) is 0 Å². The quantitative estimate of drug-likeness (QED) is 0.566. The Hall–Kier alpha value is -0.590. The van der Waals surface area contributed by atoms with Gasteiger partial charge in [-0.05, 0) is 50.4 Å². The van der Waals surface area contributed by atoms with Gasteiger partial charge in [-0.3, -0.25) is 4.79 Å². The highest BCUT2D eigenvalue weighted by molar-refractivity contribution is 5.82. The van der Waals surface area contributed by atoms with Gasteiger partial charge in [0.1, 0.15) is 5.78 Å². The number of hydrogen-bond donors (Lipinski definition) is 0. The topological polar surface area (TPSA) is 17.1 Å². The van der Waals surface area contributed by atoms with Crippen LogP contribution in [0.2, 0.25) is 0 Å². The third-order valence-corrected chi connectivity index (χ3v) is 5.26. The van der Waals surface area contributed by atoms with Gasteiger partial charge in [-0.1, -0.05) is 24.5 Å². The molecule has 3 rings (SSSR count). The van der Waals surface area contributed by atoms with Crippen molar-refractivity contribution in [3.63, 3.8) is 0 Å². The summed E-state index contributed by atoms with van der Waals surface area (Å²) in [6.07, 6.45) is 10.9. The average Bonchev–Trinajstić information content (AvgIpc) is 2.63. The monoisotopic (exact) mass is 218 g/mol. The summed E-state index contributed by atoms with van der Waals surface area (Å²) in [7, 11) is 0. The van der Waals surface area contributed by atoms with Gasteiger partial charge in [0.2, 0.25) is 0 Å². The van der Waals surface area contributed by atoms with Crippen molar-refractivity contribution in [1.29, 1.82) is 0 Å². The Morgan fingerprint density at radius 1 is 1.12 bits per heavy atom. The van der Waals surface area contributed by atoms with Crippen molar-refractivity contribution in [2.45, 2.75) is 51.9 Å². The smallest absolute Gasteiger partial charge is 0.136 e. The molecule has 2 unspecified atom stereocenters. The lowest BCUT2D eigenvalue weighted by Crippen LogP contribution is -2.26. The molecule has 3 aliphatic rings. The van der Waals surface area contributed by atoms with Gasteiger partial charge < -0.3 is 0 Å². The SMILES string of the molecule is CC1=CCCC2C(=O)C[C@@H]3CCC[C@H]3CC12. The minimum Gasteiger partial charge on any atom is -0.299 e. The van der Waals surface area contributed by atoms with Crippen LogP contribution in [0.5, 0.6) is 0 Å². The van der Waals surface area contributed by atoms with Crippen LogP contribution in [0.1, 0.15) is 51.9 Å². The van der Waals surface area contributed by atoms with Crippen LogP contribution in [-0.4, -0.2) is 5.78 Å². The first kappa shape index (κ1) is 10.6. The normalized spacial score (nSPS) is 43.3. The van der Waals surface area contributed by atoms with Crippen LogP contribution in [-0.2, 0) is 4.79 Å². The van der Waals surface area contributed by atoms with E-state index in [1.807, 2.05) is 0 Å². The summed E-state index contributed by atoms with van der Waals surface area (Å²) in [5.74, 6) is 3.18. The molecule has 0 aromatic heterocycles. The molecule has 3 aliphatic carbocycles. The fourth-order valence-electron chi connectivity index (χ4n) is 4.32. The zero-order valence-corrected chi connectivity index (χ0v) is 10.2. The number of rotatable bonds is 0. The number of carbonyl (C=O) groups is 1. The molecule has 0 saturated heterocycles. The van der Waals surface area contributed by atoms with E-state index in [0.717, 1.165) is 31.1 Å². The molecule has 0 spiro atoms. The molecule has 0 bridgehead atoms. The van der Waals surface area contributed by atoms with E-state index in [-0.39, 0.29) is 0 Å². The molecular weight excluding hydrogens is 196 g/mol. The summed E-state index contributed by atoms with van der Waals surface area (Å²) < 4.78 is 0. The summed E-state index contributed by atoms with van der Waals surface area (Å²) >= 11 is 0. The molecule has 0 aliphatic heterocycles. The Kier molecular flexibility index (Phi) is 2.65. The van der Waals surface area contributed by atoms with Crippen LogP contribution >= 0.6 is 0 Å². The van der Waals surface area contributed by atoms with E-state index >= 15 is 0 Å². The van der Waals surface area contributed by atoms with Crippen molar-refractivity contribution in [2.24, 2.45) is 23.7 Å². The van der Waals surface area contributed by atoms with Crippen LogP contribution in [0.15, 0.2) is 11.6 Å².